The van der Waals surface area contributed by atoms with Crippen molar-refractivity contribution in [2.45, 2.75) is 38.2 Å². The SMILES string of the molecule is CCOC(=O)C[C@H](CC(=O)CNC(=O)c1cc(O)cc(NC2=NCC(O)CN2)c1)c1cc(Br)cc(C(F)F)c1. The van der Waals surface area contributed by atoms with E-state index in [2.05, 4.69) is 36.9 Å². The van der Waals surface area contributed by atoms with E-state index in [1.54, 1.807) is 13.0 Å². The number of aliphatic imine (C=N–C) groups is 1. The van der Waals surface area contributed by atoms with Crippen molar-refractivity contribution in [1.82, 2.24) is 10.6 Å². The van der Waals surface area contributed by atoms with Gasteiger partial charge in [0.05, 0.1) is 32.2 Å². The lowest BCUT2D eigenvalue weighted by Gasteiger charge is -2.20. The van der Waals surface area contributed by atoms with Gasteiger partial charge in [-0.05, 0) is 42.8 Å². The summed E-state index contributed by atoms with van der Waals surface area (Å²) in [6, 6.07) is 8.13. The maximum absolute atomic E-state index is 13.3. The zero-order chi connectivity index (χ0) is 28.5. The summed E-state index contributed by atoms with van der Waals surface area (Å²) in [5.74, 6) is -2.24. The smallest absolute Gasteiger partial charge is 0.306 e. The third-order valence-electron chi connectivity index (χ3n) is 5.71. The van der Waals surface area contributed by atoms with Crippen LogP contribution in [0.5, 0.6) is 5.75 Å². The van der Waals surface area contributed by atoms with Crippen LogP contribution >= 0.6 is 15.9 Å². The Labute approximate surface area is 232 Å². The second-order valence-electron chi connectivity index (χ2n) is 8.87. The highest BCUT2D eigenvalue weighted by molar-refractivity contribution is 9.10. The number of phenols is 1. The summed E-state index contributed by atoms with van der Waals surface area (Å²) in [5, 5.41) is 27.9. The van der Waals surface area contributed by atoms with Crippen molar-refractivity contribution in [3.8, 4) is 5.75 Å². The first-order valence-corrected chi connectivity index (χ1v) is 12.9. The minimum absolute atomic E-state index is 0.0679. The molecule has 0 fully saturated rings. The largest absolute Gasteiger partial charge is 0.508 e. The van der Waals surface area contributed by atoms with Gasteiger partial charge in [-0.3, -0.25) is 19.4 Å². The third-order valence-corrected chi connectivity index (χ3v) is 6.17. The van der Waals surface area contributed by atoms with Crippen molar-refractivity contribution < 1.29 is 38.1 Å². The van der Waals surface area contributed by atoms with Crippen molar-refractivity contribution in [1.29, 1.82) is 0 Å². The number of ketones is 1. The van der Waals surface area contributed by atoms with Gasteiger partial charge >= 0.3 is 5.97 Å². The molecule has 13 heteroatoms. The number of aliphatic hydroxyl groups is 1. The average Bonchev–Trinajstić information content (AvgIpc) is 2.87. The number of halogens is 3. The molecule has 0 spiro atoms. The number of aliphatic hydroxyl groups excluding tert-OH is 1. The minimum Gasteiger partial charge on any atom is -0.508 e. The van der Waals surface area contributed by atoms with Gasteiger partial charge in [-0.15, -0.1) is 0 Å². The Morgan fingerprint density at radius 1 is 1.15 bits per heavy atom. The summed E-state index contributed by atoms with van der Waals surface area (Å²) in [6.45, 7) is 1.86. The van der Waals surface area contributed by atoms with Crippen molar-refractivity contribution in [2.75, 3.05) is 31.6 Å². The van der Waals surface area contributed by atoms with E-state index in [9.17, 15) is 33.4 Å². The van der Waals surface area contributed by atoms with Crippen LogP contribution in [-0.2, 0) is 14.3 Å². The maximum atomic E-state index is 13.3. The van der Waals surface area contributed by atoms with Gasteiger partial charge in [0.2, 0.25) is 0 Å². The molecule has 39 heavy (non-hydrogen) atoms. The number of alkyl halides is 2. The number of nitrogens with zero attached hydrogens (tertiary/aromatic N) is 1. The number of guanidine groups is 1. The summed E-state index contributed by atoms with van der Waals surface area (Å²) in [5.41, 5.74) is 0.530. The zero-order valence-electron chi connectivity index (χ0n) is 21.0. The Hall–Kier alpha value is -3.58. The molecule has 210 valence electrons. The quantitative estimate of drug-likeness (QED) is 0.243. The molecule has 2 aromatic carbocycles. The molecule has 0 radical (unpaired) electrons. The lowest BCUT2D eigenvalue weighted by Crippen LogP contribution is -2.42. The molecule has 1 heterocycles. The lowest BCUT2D eigenvalue weighted by atomic mass is 9.89. The highest BCUT2D eigenvalue weighted by Crippen LogP contribution is 2.31. The first-order valence-electron chi connectivity index (χ1n) is 12.2. The average molecular weight is 611 g/mol. The Morgan fingerprint density at radius 3 is 2.56 bits per heavy atom. The molecule has 0 aromatic heterocycles. The molecule has 1 aliphatic rings. The standard InChI is InChI=1S/C26H29BrF2N4O6/c1-2-39-23(37)9-15(14-3-16(24(28)29)5-18(27)4-14)7-21(35)11-30-25(38)17-6-19(10-20(34)8-17)33-26-31-12-22(36)13-32-26/h3-6,8,10,15,22,24,34,36H,2,7,9,11-13H2,1H3,(H,30,38)(H2,31,32,33)/t15-/m0/s1. The number of rotatable bonds is 11. The van der Waals surface area contributed by atoms with Crippen LogP contribution in [0.15, 0.2) is 45.9 Å². The number of ether oxygens (including phenoxy) is 1. The molecule has 0 saturated carbocycles. The number of phenolic OH excluding ortho intramolecular Hbond substituents is 1. The zero-order valence-corrected chi connectivity index (χ0v) is 22.6. The van der Waals surface area contributed by atoms with Crippen molar-refractivity contribution >= 4 is 45.2 Å². The molecule has 0 aliphatic carbocycles. The minimum atomic E-state index is -2.74. The van der Waals surface area contributed by atoms with Gasteiger partial charge in [0.15, 0.2) is 11.7 Å². The predicted octanol–water partition coefficient (Wildman–Crippen LogP) is 3.25. The van der Waals surface area contributed by atoms with Crippen molar-refractivity contribution in [3.63, 3.8) is 0 Å². The molecular formula is C26H29BrF2N4O6. The molecule has 2 aromatic rings. The molecule has 1 unspecified atom stereocenters. The van der Waals surface area contributed by atoms with Crippen LogP contribution in [0.4, 0.5) is 14.5 Å². The van der Waals surface area contributed by atoms with Gasteiger partial charge in [-0.2, -0.15) is 0 Å². The fourth-order valence-electron chi connectivity index (χ4n) is 3.92. The molecule has 2 atom stereocenters. The van der Waals surface area contributed by atoms with Crippen LogP contribution in [0.2, 0.25) is 0 Å². The molecule has 10 nitrogen and oxygen atoms in total. The molecule has 1 aliphatic heterocycles. The van der Waals surface area contributed by atoms with Gasteiger partial charge in [0.25, 0.3) is 12.3 Å². The van der Waals surface area contributed by atoms with Gasteiger partial charge in [-0.1, -0.05) is 15.9 Å². The number of β-amino-alcohol motifs (C(OH)–C–C–N with tert-alkyl or cyclic N) is 1. The van der Waals surface area contributed by atoms with Gasteiger partial charge < -0.3 is 30.9 Å². The van der Waals surface area contributed by atoms with Crippen LogP contribution in [0.1, 0.15) is 53.6 Å². The number of benzene rings is 2. The summed E-state index contributed by atoms with van der Waals surface area (Å²) >= 11 is 3.19. The Balaban J connectivity index is 1.67. The van der Waals surface area contributed by atoms with Crippen LogP contribution in [-0.4, -0.2) is 66.2 Å². The lowest BCUT2D eigenvalue weighted by molar-refractivity contribution is -0.143. The number of anilines is 1. The second-order valence-corrected chi connectivity index (χ2v) is 9.78. The Kier molecular flexibility index (Phi) is 10.8. The number of carbonyl (C=O) groups excluding carboxylic acids is 3. The van der Waals surface area contributed by atoms with Gasteiger partial charge in [0.1, 0.15) is 5.75 Å². The normalized spacial score (nSPS) is 15.6. The van der Waals surface area contributed by atoms with E-state index in [1.807, 2.05) is 0 Å². The number of Topliss-reactive ketones (excluding diaryl/α,β-unsaturated/α-hetero) is 1. The van der Waals surface area contributed by atoms with E-state index < -0.39 is 42.7 Å². The van der Waals surface area contributed by atoms with Crippen LogP contribution in [0.3, 0.4) is 0 Å². The predicted molar refractivity (Wildman–Crippen MR) is 143 cm³/mol. The highest BCUT2D eigenvalue weighted by Gasteiger charge is 2.23. The second kappa shape index (κ2) is 14.0. The number of hydrogen-bond donors (Lipinski definition) is 5. The van der Waals surface area contributed by atoms with Crippen LogP contribution in [0, 0.1) is 0 Å². The third kappa shape index (κ3) is 9.29. The Morgan fingerprint density at radius 2 is 1.90 bits per heavy atom. The maximum Gasteiger partial charge on any atom is 0.306 e. The molecule has 0 bridgehead atoms. The number of esters is 1. The number of carbonyl (C=O) groups is 3. The summed E-state index contributed by atoms with van der Waals surface area (Å²) in [6.07, 6.45) is -3.76. The fourth-order valence-corrected chi connectivity index (χ4v) is 4.45. The van der Waals surface area contributed by atoms with Crippen molar-refractivity contribution in [3.05, 3.63) is 57.6 Å². The molecule has 1 amide bonds. The summed E-state index contributed by atoms with van der Waals surface area (Å²) in [7, 11) is 0. The Bertz CT molecular complexity index is 1240. The van der Waals surface area contributed by atoms with E-state index in [4.69, 9.17) is 4.74 Å². The molecular weight excluding hydrogens is 582 g/mol. The molecule has 0 saturated heterocycles. The number of nitrogens with one attached hydrogen (secondary N) is 3. The van der Waals surface area contributed by atoms with E-state index >= 15 is 0 Å². The van der Waals surface area contributed by atoms with E-state index in [0.29, 0.717) is 28.2 Å². The fraction of sp³-hybridized carbons (Fsp3) is 0.385. The molecule has 3 rings (SSSR count). The topological polar surface area (TPSA) is 149 Å². The van der Waals surface area contributed by atoms with E-state index in [1.165, 1.54) is 30.3 Å². The van der Waals surface area contributed by atoms with Gasteiger partial charge in [0, 0.05) is 46.2 Å². The van der Waals surface area contributed by atoms with Crippen LogP contribution < -0.4 is 16.0 Å². The monoisotopic (exact) mass is 610 g/mol. The van der Waals surface area contributed by atoms with E-state index in [-0.39, 0.29) is 42.9 Å². The highest BCUT2D eigenvalue weighted by atomic mass is 79.9. The molecule has 5 N–H and O–H groups in total. The number of amides is 1. The van der Waals surface area contributed by atoms with Crippen LogP contribution in [0.25, 0.3) is 0 Å². The first-order chi connectivity index (χ1) is 18.5. The summed E-state index contributed by atoms with van der Waals surface area (Å²) in [4.78, 5) is 41.8. The number of aromatic hydroxyl groups is 1. The van der Waals surface area contributed by atoms with Gasteiger partial charge in [-0.25, -0.2) is 8.78 Å². The summed E-state index contributed by atoms with van der Waals surface area (Å²) < 4.78 is 32.0. The van der Waals surface area contributed by atoms with E-state index in [0.717, 1.165) is 0 Å². The first kappa shape index (κ1) is 30.0. The number of hydrogen-bond acceptors (Lipinski definition) is 9. The van der Waals surface area contributed by atoms with Crippen molar-refractivity contribution in [2.24, 2.45) is 4.99 Å².